The minimum Gasteiger partial charge on any atom is -0.463 e. The van der Waals surface area contributed by atoms with Crippen LogP contribution < -0.4 is 5.32 Å². The van der Waals surface area contributed by atoms with Crippen LogP contribution >= 0.6 is 23.2 Å². The summed E-state index contributed by atoms with van der Waals surface area (Å²) in [5.74, 6) is -1.11. The molecule has 0 aromatic heterocycles. The molecule has 2 aromatic rings. The minimum absolute atomic E-state index is 0.163. The summed E-state index contributed by atoms with van der Waals surface area (Å²) in [6.45, 7) is 6.27. The first kappa shape index (κ1) is 27.9. The summed E-state index contributed by atoms with van der Waals surface area (Å²) in [5, 5.41) is 3.45. The van der Waals surface area contributed by atoms with E-state index in [1.165, 1.54) is 29.2 Å². The van der Waals surface area contributed by atoms with Gasteiger partial charge in [0.25, 0.3) is 5.91 Å². The second-order valence-electron chi connectivity index (χ2n) is 8.93. The van der Waals surface area contributed by atoms with Gasteiger partial charge in [0.2, 0.25) is 0 Å². The smallest absolute Gasteiger partial charge is 0.338 e. The van der Waals surface area contributed by atoms with E-state index in [4.69, 9.17) is 27.9 Å². The van der Waals surface area contributed by atoms with Crippen molar-refractivity contribution < 1.29 is 23.5 Å². The van der Waals surface area contributed by atoms with Gasteiger partial charge in [0, 0.05) is 50.5 Å². The Morgan fingerprint density at radius 3 is 2.37 bits per heavy atom. The number of ether oxygens (including phenoxy) is 1. The normalized spacial score (nSPS) is 18.4. The van der Waals surface area contributed by atoms with Gasteiger partial charge in [0.15, 0.2) is 0 Å². The lowest BCUT2D eigenvalue weighted by molar-refractivity contribution is -0.139. The van der Waals surface area contributed by atoms with Crippen molar-refractivity contribution in [2.75, 3.05) is 45.9 Å². The Hall–Kier alpha value is -3.14. The molecule has 0 spiro atoms. The van der Waals surface area contributed by atoms with Crippen molar-refractivity contribution in [3.05, 3.63) is 80.7 Å². The molecule has 0 bridgehead atoms. The fraction of sp³-hybridized carbons (Fsp3) is 0.370. The van der Waals surface area contributed by atoms with Crippen molar-refractivity contribution in [1.82, 2.24) is 20.0 Å². The number of amides is 3. The number of piperazine rings is 1. The van der Waals surface area contributed by atoms with E-state index in [0.29, 0.717) is 66.7 Å². The predicted octanol–water partition coefficient (Wildman–Crippen LogP) is 4.49. The molecule has 0 aliphatic carbocycles. The number of hydrogen-bond acceptors (Lipinski definition) is 5. The van der Waals surface area contributed by atoms with Crippen molar-refractivity contribution in [2.45, 2.75) is 19.9 Å². The average molecular weight is 563 g/mol. The highest BCUT2D eigenvalue weighted by Crippen LogP contribution is 2.38. The van der Waals surface area contributed by atoms with Gasteiger partial charge < -0.3 is 15.0 Å². The molecule has 4 rings (SSSR count). The largest absolute Gasteiger partial charge is 0.463 e. The molecular weight excluding hydrogens is 534 g/mol. The monoisotopic (exact) mass is 562 g/mol. The summed E-state index contributed by atoms with van der Waals surface area (Å²) >= 11 is 12.7. The number of benzene rings is 2. The maximum Gasteiger partial charge on any atom is 0.338 e. The standard InChI is InChI=1S/C27H29Cl2FN4O4/c1-3-34-21(16-32-12-14-33(15-13-32)25(35)17-8-10-18(30)11-9-17)22(26(36)38-4-2)24(31-27(34)37)19-6-5-7-20(28)23(19)29/h5-11,24H,3-4,12-16H2,1-2H3,(H,31,37). The third kappa shape index (κ3) is 5.80. The molecule has 1 N–H and O–H groups in total. The average Bonchev–Trinajstić information content (AvgIpc) is 2.90. The zero-order valence-electron chi connectivity index (χ0n) is 21.2. The quantitative estimate of drug-likeness (QED) is 0.502. The number of carbonyl (C=O) groups excluding carboxylic acids is 3. The van der Waals surface area contributed by atoms with E-state index in [1.807, 2.05) is 6.92 Å². The van der Waals surface area contributed by atoms with E-state index < -0.39 is 17.8 Å². The zero-order chi connectivity index (χ0) is 27.4. The third-order valence-corrected chi connectivity index (χ3v) is 7.50. The first-order chi connectivity index (χ1) is 18.2. The Morgan fingerprint density at radius 1 is 1.05 bits per heavy atom. The lowest BCUT2D eigenvalue weighted by Gasteiger charge is -2.40. The van der Waals surface area contributed by atoms with Gasteiger partial charge in [-0.1, -0.05) is 35.3 Å². The molecular formula is C27H29Cl2FN4O4. The topological polar surface area (TPSA) is 82.2 Å². The molecule has 1 fully saturated rings. The molecule has 2 aliphatic rings. The van der Waals surface area contributed by atoms with Crippen molar-refractivity contribution in [3.8, 4) is 0 Å². The van der Waals surface area contributed by atoms with Crippen LogP contribution in [0.4, 0.5) is 9.18 Å². The molecule has 1 saturated heterocycles. The van der Waals surface area contributed by atoms with E-state index in [9.17, 15) is 18.8 Å². The van der Waals surface area contributed by atoms with Gasteiger partial charge in [0.05, 0.1) is 28.3 Å². The van der Waals surface area contributed by atoms with E-state index in [1.54, 1.807) is 30.0 Å². The van der Waals surface area contributed by atoms with Gasteiger partial charge in [-0.25, -0.2) is 14.0 Å². The van der Waals surface area contributed by atoms with Crippen molar-refractivity contribution in [3.63, 3.8) is 0 Å². The minimum atomic E-state index is -0.841. The zero-order valence-corrected chi connectivity index (χ0v) is 22.7. The number of esters is 1. The molecule has 2 aliphatic heterocycles. The van der Waals surface area contributed by atoms with Gasteiger partial charge >= 0.3 is 12.0 Å². The lowest BCUT2D eigenvalue weighted by atomic mass is 9.94. The Balaban J connectivity index is 1.62. The number of likely N-dealkylation sites (N-methyl/N-ethyl adjacent to an activating group) is 1. The van der Waals surface area contributed by atoms with Crippen molar-refractivity contribution >= 4 is 41.1 Å². The van der Waals surface area contributed by atoms with Gasteiger partial charge in [0.1, 0.15) is 5.82 Å². The van der Waals surface area contributed by atoms with Crippen LogP contribution in [0.15, 0.2) is 53.7 Å². The summed E-state index contributed by atoms with van der Waals surface area (Å²) < 4.78 is 18.7. The Bertz CT molecular complexity index is 1250. The Kier molecular flexibility index (Phi) is 8.91. The molecule has 2 aromatic carbocycles. The fourth-order valence-electron chi connectivity index (χ4n) is 4.73. The van der Waals surface area contributed by atoms with Crippen LogP contribution in [0, 0.1) is 5.82 Å². The summed E-state index contributed by atoms with van der Waals surface area (Å²) in [6.07, 6.45) is 0. The van der Waals surface area contributed by atoms with Crippen LogP contribution in [0.1, 0.15) is 35.8 Å². The number of urea groups is 1. The summed E-state index contributed by atoms with van der Waals surface area (Å²) in [7, 11) is 0. The molecule has 202 valence electrons. The van der Waals surface area contributed by atoms with Crippen LogP contribution in [0.5, 0.6) is 0 Å². The first-order valence-corrected chi connectivity index (χ1v) is 13.2. The molecule has 1 unspecified atom stereocenters. The van der Waals surface area contributed by atoms with Crippen LogP contribution in [-0.4, -0.2) is 78.5 Å². The highest BCUT2D eigenvalue weighted by Gasteiger charge is 2.39. The molecule has 0 saturated carbocycles. The number of hydrogen-bond donors (Lipinski definition) is 1. The van der Waals surface area contributed by atoms with E-state index in [0.717, 1.165) is 0 Å². The number of carbonyl (C=O) groups is 3. The SMILES string of the molecule is CCOC(=O)C1=C(CN2CCN(C(=O)c3ccc(F)cc3)CC2)N(CC)C(=O)NC1c1cccc(Cl)c1Cl. The van der Waals surface area contributed by atoms with Crippen LogP contribution in [0.25, 0.3) is 0 Å². The number of rotatable bonds is 7. The third-order valence-electron chi connectivity index (χ3n) is 6.67. The molecule has 3 amide bonds. The van der Waals surface area contributed by atoms with Gasteiger partial charge in [-0.3, -0.25) is 14.6 Å². The number of nitrogens with zero attached hydrogens (tertiary/aromatic N) is 3. The van der Waals surface area contributed by atoms with Crippen LogP contribution in [0.2, 0.25) is 10.0 Å². The summed E-state index contributed by atoms with van der Waals surface area (Å²) in [4.78, 5) is 44.6. The maximum atomic E-state index is 13.3. The number of halogens is 3. The van der Waals surface area contributed by atoms with E-state index >= 15 is 0 Å². The predicted molar refractivity (Wildman–Crippen MR) is 143 cm³/mol. The van der Waals surface area contributed by atoms with E-state index in [2.05, 4.69) is 10.2 Å². The van der Waals surface area contributed by atoms with Crippen LogP contribution in [0.3, 0.4) is 0 Å². The molecule has 38 heavy (non-hydrogen) atoms. The number of nitrogens with one attached hydrogen (secondary N) is 1. The summed E-state index contributed by atoms with van der Waals surface area (Å²) in [5.41, 5.74) is 1.74. The molecule has 2 heterocycles. The van der Waals surface area contributed by atoms with E-state index in [-0.39, 0.29) is 23.6 Å². The Labute approximate surface area is 230 Å². The summed E-state index contributed by atoms with van der Waals surface area (Å²) in [6, 6.07) is 9.35. The van der Waals surface area contributed by atoms with Crippen molar-refractivity contribution in [2.24, 2.45) is 0 Å². The maximum absolute atomic E-state index is 13.3. The Morgan fingerprint density at radius 2 is 1.74 bits per heavy atom. The fourth-order valence-corrected chi connectivity index (χ4v) is 5.15. The lowest BCUT2D eigenvalue weighted by Crippen LogP contribution is -2.53. The van der Waals surface area contributed by atoms with Crippen LogP contribution in [-0.2, 0) is 9.53 Å². The van der Waals surface area contributed by atoms with Gasteiger partial charge in [-0.05, 0) is 49.7 Å². The molecule has 1 atom stereocenters. The second-order valence-corrected chi connectivity index (χ2v) is 9.71. The first-order valence-electron chi connectivity index (χ1n) is 12.4. The van der Waals surface area contributed by atoms with Gasteiger partial charge in [-0.2, -0.15) is 0 Å². The molecule has 11 heteroatoms. The molecule has 8 nitrogen and oxygen atoms in total. The van der Waals surface area contributed by atoms with Crippen molar-refractivity contribution in [1.29, 1.82) is 0 Å². The highest BCUT2D eigenvalue weighted by molar-refractivity contribution is 6.42. The molecule has 0 radical (unpaired) electrons. The van der Waals surface area contributed by atoms with Gasteiger partial charge in [-0.15, -0.1) is 0 Å². The second kappa shape index (κ2) is 12.1. The highest BCUT2D eigenvalue weighted by atomic mass is 35.5.